The van der Waals surface area contributed by atoms with Crippen LogP contribution in [0.4, 0.5) is 0 Å². The Balaban J connectivity index is 1.96. The summed E-state index contributed by atoms with van der Waals surface area (Å²) in [7, 11) is 1.62. The topological polar surface area (TPSA) is 82.0 Å². The molecule has 1 aliphatic rings. The first kappa shape index (κ1) is 29.9. The Morgan fingerprint density at radius 2 is 1.58 bits per heavy atom. The Morgan fingerprint density at radius 1 is 1.03 bits per heavy atom. The number of hydrogen-bond donors (Lipinski definition) is 2. The highest BCUT2D eigenvalue weighted by molar-refractivity contribution is 9.08. The van der Waals surface area contributed by atoms with Crippen molar-refractivity contribution < 1.29 is 14.7 Å². The van der Waals surface area contributed by atoms with E-state index in [1.54, 1.807) is 7.05 Å². The fraction of sp³-hybridized carbons (Fsp3) is 0.516. The number of phenols is 1. The quantitative estimate of drug-likeness (QED) is 0.353. The molecule has 3 rings (SSSR count). The molecule has 1 aliphatic heterocycles. The van der Waals surface area contributed by atoms with Gasteiger partial charge in [-0.15, -0.1) is 0 Å². The molecule has 1 fully saturated rings. The van der Waals surface area contributed by atoms with E-state index in [4.69, 9.17) is 0 Å². The second-order valence-corrected chi connectivity index (χ2v) is 12.7. The van der Waals surface area contributed by atoms with Gasteiger partial charge >= 0.3 is 0 Å². The summed E-state index contributed by atoms with van der Waals surface area (Å²) in [6.07, 6.45) is 2.02. The summed E-state index contributed by atoms with van der Waals surface area (Å²) < 4.78 is 4.49. The summed E-state index contributed by atoms with van der Waals surface area (Å²) in [6, 6.07) is 11.4. The molecule has 6 nitrogen and oxygen atoms in total. The van der Waals surface area contributed by atoms with Crippen molar-refractivity contribution in [3.05, 3.63) is 64.2 Å². The molecule has 1 unspecified atom stereocenters. The van der Waals surface area contributed by atoms with Gasteiger partial charge in [-0.25, -0.2) is 0 Å². The third kappa shape index (κ3) is 6.31. The second-order valence-electron chi connectivity index (χ2n) is 12.4. The highest BCUT2D eigenvalue weighted by atomic mass is 79.9. The molecule has 206 valence electrons. The van der Waals surface area contributed by atoms with Crippen LogP contribution in [0.5, 0.6) is 5.75 Å². The molecular weight excluding hydrogens is 542 g/mol. The number of nitrogens with one attached hydrogen (secondary N) is 1. The van der Waals surface area contributed by atoms with Gasteiger partial charge in [-0.1, -0.05) is 67.0 Å². The van der Waals surface area contributed by atoms with Crippen LogP contribution in [-0.4, -0.2) is 47.7 Å². The summed E-state index contributed by atoms with van der Waals surface area (Å²) in [5, 5.41) is 13.7. The van der Waals surface area contributed by atoms with Gasteiger partial charge in [-0.3, -0.25) is 9.59 Å². The van der Waals surface area contributed by atoms with Gasteiger partial charge in [0.2, 0.25) is 0 Å². The number of carbonyl (C=O) groups excluding carboxylic acids is 2. The van der Waals surface area contributed by atoms with E-state index in [0.29, 0.717) is 17.0 Å². The number of carbonyl (C=O) groups is 2. The van der Waals surface area contributed by atoms with Gasteiger partial charge in [0.15, 0.2) is 5.78 Å². The van der Waals surface area contributed by atoms with E-state index in [2.05, 4.69) is 37.3 Å². The molecule has 1 heterocycles. The lowest BCUT2D eigenvalue weighted by atomic mass is 9.78. The Labute approximate surface area is 236 Å². The Bertz CT molecular complexity index is 1170. The van der Waals surface area contributed by atoms with Gasteiger partial charge in [0.1, 0.15) is 11.6 Å². The fourth-order valence-electron chi connectivity index (χ4n) is 5.38. The molecule has 2 N–H and O–H groups in total. The normalized spacial score (nSPS) is 19.2. The van der Waals surface area contributed by atoms with Crippen molar-refractivity contribution in [2.75, 3.05) is 20.1 Å². The van der Waals surface area contributed by atoms with Gasteiger partial charge in [0, 0.05) is 41.8 Å². The minimum atomic E-state index is -0.311. The van der Waals surface area contributed by atoms with E-state index in [-0.39, 0.29) is 40.7 Å². The minimum Gasteiger partial charge on any atom is -0.507 e. The van der Waals surface area contributed by atoms with Crippen molar-refractivity contribution in [1.29, 1.82) is 0 Å². The summed E-state index contributed by atoms with van der Waals surface area (Å²) in [5.41, 5.74) is 3.24. The molecule has 38 heavy (non-hydrogen) atoms. The van der Waals surface area contributed by atoms with Crippen LogP contribution in [0, 0.1) is 5.92 Å². The van der Waals surface area contributed by atoms with E-state index >= 15 is 0 Å². The average Bonchev–Trinajstić information content (AvgIpc) is 3.18. The number of hydrogen-bond acceptors (Lipinski definition) is 4. The zero-order chi connectivity index (χ0) is 28.4. The Kier molecular flexibility index (Phi) is 9.12. The number of ketones is 1. The molecule has 1 amide bonds. The number of phenolic OH excluding ortho intramolecular Hbond substituents is 1. The second kappa shape index (κ2) is 11.6. The minimum absolute atomic E-state index is 0.000475. The lowest BCUT2D eigenvalue weighted by molar-refractivity contribution is 0.0955. The molecular formula is C31H42BrN3O3. The number of Topliss-reactive ketones (excluding diaryl/α,β-unsaturated/α-hetero) is 1. The molecule has 2 aromatic carbocycles. The number of amides is 1. The Morgan fingerprint density at radius 3 is 2.03 bits per heavy atom. The number of benzene rings is 2. The van der Waals surface area contributed by atoms with Crippen LogP contribution in [0.25, 0.3) is 0 Å². The molecule has 0 aromatic heterocycles. The monoisotopic (exact) mass is 583 g/mol. The first-order valence-electron chi connectivity index (χ1n) is 13.4. The first-order chi connectivity index (χ1) is 17.7. The van der Waals surface area contributed by atoms with E-state index in [1.165, 1.54) is 0 Å². The molecule has 0 radical (unpaired) electrons. The highest BCUT2D eigenvalue weighted by Crippen LogP contribution is 2.41. The van der Waals surface area contributed by atoms with E-state index in [9.17, 15) is 14.7 Å². The third-order valence-corrected chi connectivity index (χ3v) is 7.78. The smallest absolute Gasteiger partial charge is 0.251 e. The van der Waals surface area contributed by atoms with Gasteiger partial charge in [0.25, 0.3) is 5.91 Å². The molecule has 1 saturated heterocycles. The largest absolute Gasteiger partial charge is 0.507 e. The molecule has 0 spiro atoms. The maximum atomic E-state index is 13.8. The average molecular weight is 585 g/mol. The van der Waals surface area contributed by atoms with E-state index in [0.717, 1.165) is 41.9 Å². The number of amidine groups is 1. The van der Waals surface area contributed by atoms with Crippen LogP contribution in [-0.2, 0) is 10.8 Å². The van der Waals surface area contributed by atoms with Crippen molar-refractivity contribution in [2.45, 2.75) is 78.1 Å². The predicted molar refractivity (Wildman–Crippen MR) is 159 cm³/mol. The standard InChI is InChI=1S/C31H42BrN3O3/c1-9-10-21-17-35(28(34-32)26(21)19-11-13-20(14-12-19)29(38)33-8)18-25(36)22-15-23(30(2,3)4)27(37)24(16-22)31(5,6)7/h11-16,21,26,37H,9-10,17-18H2,1-8H3,(H,33,38)/b34-28-/t21-,26?/m0/s1. The van der Waals surface area contributed by atoms with Gasteiger partial charge in [0.05, 0.1) is 22.7 Å². The van der Waals surface area contributed by atoms with Gasteiger partial charge < -0.3 is 15.3 Å². The Hall–Kier alpha value is -2.67. The van der Waals surface area contributed by atoms with Gasteiger partial charge in [-0.2, -0.15) is 4.02 Å². The van der Waals surface area contributed by atoms with Gasteiger partial charge in [-0.05, 0) is 53.0 Å². The van der Waals surface area contributed by atoms with Crippen molar-refractivity contribution in [3.63, 3.8) is 0 Å². The molecule has 7 heteroatoms. The predicted octanol–water partition coefficient (Wildman–Crippen LogP) is 6.75. The molecule has 2 atom stereocenters. The molecule has 0 saturated carbocycles. The van der Waals surface area contributed by atoms with Crippen LogP contribution in [0.1, 0.15) is 105 Å². The summed E-state index contributed by atoms with van der Waals surface area (Å²) in [4.78, 5) is 27.9. The SMILES string of the molecule is CCC[C@H]1CN(CC(=O)c2cc(C(C)(C)C)c(O)c(C(C)(C)C)c2)/C(=N\Br)C1c1ccc(C(=O)NC)cc1. The van der Waals surface area contributed by atoms with Crippen LogP contribution in [0.15, 0.2) is 40.4 Å². The summed E-state index contributed by atoms with van der Waals surface area (Å²) in [5.74, 6) is 1.30. The zero-order valence-electron chi connectivity index (χ0n) is 24.0. The lowest BCUT2D eigenvalue weighted by Crippen LogP contribution is -2.32. The first-order valence-corrected chi connectivity index (χ1v) is 14.1. The number of nitrogens with zero attached hydrogens (tertiary/aromatic N) is 2. The lowest BCUT2D eigenvalue weighted by Gasteiger charge is -2.28. The maximum absolute atomic E-state index is 13.8. The van der Waals surface area contributed by atoms with Crippen LogP contribution in [0.3, 0.4) is 0 Å². The number of rotatable bonds is 7. The van der Waals surface area contributed by atoms with Crippen LogP contribution >= 0.6 is 16.1 Å². The van der Waals surface area contributed by atoms with Crippen molar-refractivity contribution in [3.8, 4) is 5.75 Å². The number of aromatic hydroxyl groups is 1. The van der Waals surface area contributed by atoms with Crippen molar-refractivity contribution in [1.82, 2.24) is 10.2 Å². The maximum Gasteiger partial charge on any atom is 0.251 e. The van der Waals surface area contributed by atoms with Crippen molar-refractivity contribution >= 4 is 33.7 Å². The number of halogens is 1. The molecule has 0 bridgehead atoms. The third-order valence-electron chi connectivity index (χ3n) is 7.42. The number of likely N-dealkylation sites (tertiary alicyclic amines) is 1. The highest BCUT2D eigenvalue weighted by Gasteiger charge is 2.40. The van der Waals surface area contributed by atoms with E-state index < -0.39 is 0 Å². The fourth-order valence-corrected chi connectivity index (χ4v) is 5.83. The van der Waals surface area contributed by atoms with Crippen LogP contribution in [0.2, 0.25) is 0 Å². The van der Waals surface area contributed by atoms with Crippen molar-refractivity contribution in [2.24, 2.45) is 9.94 Å². The summed E-state index contributed by atoms with van der Waals surface area (Å²) >= 11 is 3.35. The van der Waals surface area contributed by atoms with Crippen LogP contribution < -0.4 is 5.32 Å². The molecule has 2 aromatic rings. The summed E-state index contributed by atoms with van der Waals surface area (Å²) in [6.45, 7) is 15.4. The molecule has 0 aliphatic carbocycles. The zero-order valence-corrected chi connectivity index (χ0v) is 25.6. The van der Waals surface area contributed by atoms with E-state index in [1.807, 2.05) is 77.9 Å².